The van der Waals surface area contributed by atoms with Crippen molar-refractivity contribution in [1.82, 2.24) is 9.97 Å². The summed E-state index contributed by atoms with van der Waals surface area (Å²) in [6.07, 6.45) is 1.95. The van der Waals surface area contributed by atoms with Crippen molar-refractivity contribution < 1.29 is 12.8 Å². The van der Waals surface area contributed by atoms with E-state index in [1.807, 2.05) is 0 Å². The van der Waals surface area contributed by atoms with E-state index in [1.54, 1.807) is 12.1 Å². The summed E-state index contributed by atoms with van der Waals surface area (Å²) in [5, 5.41) is 0.129. The number of halogens is 2. The molecule has 6 nitrogen and oxygen atoms in total. The van der Waals surface area contributed by atoms with Crippen molar-refractivity contribution in [2.45, 2.75) is 23.8 Å². The molecule has 1 fully saturated rings. The van der Waals surface area contributed by atoms with Crippen molar-refractivity contribution in [2.75, 3.05) is 10.5 Å². The number of nitrogen functional groups attached to an aromatic ring is 1. The zero-order chi connectivity index (χ0) is 19.9. The third-order valence-corrected chi connectivity index (χ3v) is 5.95. The van der Waals surface area contributed by atoms with Crippen molar-refractivity contribution in [3.63, 3.8) is 0 Å². The molecule has 0 saturated heterocycles. The lowest BCUT2D eigenvalue weighted by atomic mass is 10.00. The Kier molecular flexibility index (Phi) is 4.68. The first-order valence-electron chi connectivity index (χ1n) is 8.55. The van der Waals surface area contributed by atoms with Gasteiger partial charge in [-0.2, -0.15) is 8.42 Å². The normalized spacial score (nSPS) is 14.1. The quantitative estimate of drug-likeness (QED) is 0.647. The molecule has 1 saturated carbocycles. The highest BCUT2D eigenvalue weighted by atomic mass is 35.5. The summed E-state index contributed by atoms with van der Waals surface area (Å²) in [6, 6.07) is 11.8. The molecule has 144 valence electrons. The third-order valence-electron chi connectivity index (χ3n) is 4.39. The number of aromatic nitrogens is 2. The molecule has 0 unspecified atom stereocenters. The smallest absolute Gasteiger partial charge is 0.280 e. The van der Waals surface area contributed by atoms with E-state index in [1.165, 1.54) is 36.4 Å². The van der Waals surface area contributed by atoms with Gasteiger partial charge in [0.15, 0.2) is 5.03 Å². The van der Waals surface area contributed by atoms with Crippen LogP contribution in [0.4, 0.5) is 16.0 Å². The van der Waals surface area contributed by atoms with Crippen molar-refractivity contribution in [3.05, 3.63) is 64.9 Å². The largest absolute Gasteiger partial charge is 0.384 e. The minimum Gasteiger partial charge on any atom is -0.384 e. The van der Waals surface area contributed by atoms with Gasteiger partial charge < -0.3 is 5.73 Å². The number of sulfonamides is 1. The average Bonchev–Trinajstić information content (AvgIpc) is 3.48. The van der Waals surface area contributed by atoms with Gasteiger partial charge >= 0.3 is 0 Å². The molecular formula is C19H16ClFN4O2S. The number of nitrogens with one attached hydrogen (secondary N) is 1. The van der Waals surface area contributed by atoms with Crippen LogP contribution in [0.1, 0.15) is 24.3 Å². The predicted molar refractivity (Wildman–Crippen MR) is 106 cm³/mol. The molecule has 1 aromatic carbocycles. The first-order chi connectivity index (χ1) is 13.3. The van der Waals surface area contributed by atoms with Gasteiger partial charge in [-0.15, -0.1) is 0 Å². The average molecular weight is 419 g/mol. The molecule has 0 atom stereocenters. The van der Waals surface area contributed by atoms with E-state index < -0.39 is 10.0 Å². The van der Waals surface area contributed by atoms with E-state index in [0.717, 1.165) is 18.4 Å². The fraction of sp³-hybridized carbons (Fsp3) is 0.158. The van der Waals surface area contributed by atoms with Crippen LogP contribution in [0.25, 0.3) is 11.3 Å². The zero-order valence-corrected chi connectivity index (χ0v) is 16.1. The van der Waals surface area contributed by atoms with Gasteiger partial charge in [0.05, 0.1) is 10.7 Å². The predicted octanol–water partition coefficient (Wildman–Crippen LogP) is 4.20. The highest BCUT2D eigenvalue weighted by Gasteiger charge is 2.28. The SMILES string of the molecule is Nc1cccc(S(=O)(=O)Nc2ccc(Cl)c(-c3ccc(F)cc3C3CC3)n2)n1. The van der Waals surface area contributed by atoms with Crippen LogP contribution in [-0.2, 0) is 10.0 Å². The van der Waals surface area contributed by atoms with E-state index in [-0.39, 0.29) is 28.4 Å². The Morgan fingerprint density at radius 2 is 1.89 bits per heavy atom. The van der Waals surface area contributed by atoms with Crippen molar-refractivity contribution >= 4 is 33.3 Å². The van der Waals surface area contributed by atoms with Crippen LogP contribution < -0.4 is 10.5 Å². The summed E-state index contributed by atoms with van der Waals surface area (Å²) >= 11 is 6.31. The number of nitrogens with zero attached hydrogens (tertiary/aromatic N) is 2. The summed E-state index contributed by atoms with van der Waals surface area (Å²) < 4.78 is 41.2. The molecule has 4 rings (SSSR count). The van der Waals surface area contributed by atoms with Gasteiger partial charge in [0.25, 0.3) is 10.0 Å². The number of nitrogens with two attached hydrogens (primary N) is 1. The fourth-order valence-electron chi connectivity index (χ4n) is 2.94. The van der Waals surface area contributed by atoms with Crippen molar-refractivity contribution in [2.24, 2.45) is 0 Å². The van der Waals surface area contributed by atoms with Gasteiger partial charge in [-0.25, -0.2) is 14.4 Å². The Morgan fingerprint density at radius 1 is 1.11 bits per heavy atom. The molecule has 3 aromatic rings. The maximum absolute atomic E-state index is 13.7. The number of pyridine rings is 2. The van der Waals surface area contributed by atoms with Crippen molar-refractivity contribution in [3.8, 4) is 11.3 Å². The molecule has 0 spiro atoms. The molecule has 0 aliphatic heterocycles. The molecule has 0 bridgehead atoms. The Labute approximate surface area is 166 Å². The molecule has 0 radical (unpaired) electrons. The van der Waals surface area contributed by atoms with E-state index in [0.29, 0.717) is 16.3 Å². The van der Waals surface area contributed by atoms with E-state index in [9.17, 15) is 12.8 Å². The monoisotopic (exact) mass is 418 g/mol. The van der Waals surface area contributed by atoms with E-state index in [2.05, 4.69) is 14.7 Å². The van der Waals surface area contributed by atoms with Gasteiger partial charge in [-0.3, -0.25) is 4.72 Å². The molecule has 3 N–H and O–H groups in total. The van der Waals surface area contributed by atoms with E-state index in [4.69, 9.17) is 17.3 Å². The second-order valence-corrected chi connectivity index (χ2v) is 8.58. The van der Waals surface area contributed by atoms with Crippen LogP contribution >= 0.6 is 11.6 Å². The highest BCUT2D eigenvalue weighted by molar-refractivity contribution is 7.92. The van der Waals surface area contributed by atoms with Gasteiger partial charge in [-0.1, -0.05) is 17.7 Å². The van der Waals surface area contributed by atoms with Gasteiger partial charge in [0, 0.05) is 5.56 Å². The lowest BCUT2D eigenvalue weighted by Crippen LogP contribution is -2.16. The first-order valence-corrected chi connectivity index (χ1v) is 10.4. The minimum atomic E-state index is -3.98. The van der Waals surface area contributed by atoms with Crippen LogP contribution in [0, 0.1) is 5.82 Å². The minimum absolute atomic E-state index is 0.0784. The Hall–Kier alpha value is -2.71. The van der Waals surface area contributed by atoms with E-state index >= 15 is 0 Å². The van der Waals surface area contributed by atoms with Crippen LogP contribution in [0.3, 0.4) is 0 Å². The second-order valence-electron chi connectivity index (χ2n) is 6.54. The topological polar surface area (TPSA) is 98.0 Å². The molecule has 2 aromatic heterocycles. The molecule has 2 heterocycles. The zero-order valence-electron chi connectivity index (χ0n) is 14.6. The molecule has 28 heavy (non-hydrogen) atoms. The van der Waals surface area contributed by atoms with Gasteiger partial charge in [-0.05, 0) is 66.8 Å². The van der Waals surface area contributed by atoms with Crippen LogP contribution in [0.2, 0.25) is 5.02 Å². The summed E-state index contributed by atoms with van der Waals surface area (Å²) in [4.78, 5) is 8.20. The lowest BCUT2D eigenvalue weighted by molar-refractivity contribution is 0.597. The summed E-state index contributed by atoms with van der Waals surface area (Å²) in [7, 11) is -3.98. The van der Waals surface area contributed by atoms with Crippen molar-refractivity contribution in [1.29, 1.82) is 0 Å². The Bertz CT molecular complexity index is 1170. The Morgan fingerprint density at radius 3 is 2.61 bits per heavy atom. The molecular weight excluding hydrogens is 403 g/mol. The number of anilines is 2. The lowest BCUT2D eigenvalue weighted by Gasteiger charge is -2.13. The molecule has 1 aliphatic rings. The summed E-state index contributed by atoms with van der Waals surface area (Å²) in [5.41, 5.74) is 7.48. The fourth-order valence-corrected chi connectivity index (χ4v) is 4.12. The summed E-state index contributed by atoms with van der Waals surface area (Å²) in [6.45, 7) is 0. The maximum atomic E-state index is 13.7. The number of rotatable bonds is 5. The number of benzene rings is 1. The van der Waals surface area contributed by atoms with Gasteiger partial charge in [0.1, 0.15) is 17.5 Å². The van der Waals surface area contributed by atoms with Crippen LogP contribution in [-0.4, -0.2) is 18.4 Å². The molecule has 9 heteroatoms. The first kappa shape index (κ1) is 18.6. The standard InChI is InChI=1S/C19H16ClFN4O2S/c20-15-8-9-17(25-28(26,27)18-3-1-2-16(22)23-18)24-19(15)13-7-6-12(21)10-14(13)11-4-5-11/h1-3,6-11H,4-5H2,(H2,22,23)(H,24,25). The number of hydrogen-bond acceptors (Lipinski definition) is 5. The third kappa shape index (κ3) is 3.79. The molecule has 1 aliphatic carbocycles. The van der Waals surface area contributed by atoms with Crippen LogP contribution in [0.5, 0.6) is 0 Å². The second kappa shape index (κ2) is 7.03. The van der Waals surface area contributed by atoms with Gasteiger partial charge in [0.2, 0.25) is 0 Å². The molecule has 0 amide bonds. The Balaban J connectivity index is 1.73. The number of hydrogen-bond donors (Lipinski definition) is 2. The maximum Gasteiger partial charge on any atom is 0.280 e. The summed E-state index contributed by atoms with van der Waals surface area (Å²) in [5.74, 6) is 0.106. The highest BCUT2D eigenvalue weighted by Crippen LogP contribution is 2.45. The van der Waals surface area contributed by atoms with Crippen LogP contribution in [0.15, 0.2) is 53.6 Å².